The van der Waals surface area contributed by atoms with Gasteiger partial charge in [0.15, 0.2) is 0 Å². The summed E-state index contributed by atoms with van der Waals surface area (Å²) in [5.41, 5.74) is 2.86. The smallest absolute Gasteiger partial charge is 0.0576 e. The normalized spacial score (nSPS) is 19.8. The minimum atomic E-state index is 0.497. The Labute approximate surface area is 130 Å². The topological polar surface area (TPSA) is 21.3 Å². The van der Waals surface area contributed by atoms with Crippen molar-refractivity contribution in [2.45, 2.75) is 70.9 Å². The molecule has 1 aliphatic heterocycles. The van der Waals surface area contributed by atoms with Crippen LogP contribution in [0.3, 0.4) is 0 Å². The van der Waals surface area contributed by atoms with E-state index < -0.39 is 0 Å². The van der Waals surface area contributed by atoms with Crippen molar-refractivity contribution in [1.29, 1.82) is 0 Å². The first-order chi connectivity index (χ1) is 10.3. The summed E-state index contributed by atoms with van der Waals surface area (Å²) >= 11 is 0. The molecular formula is C19H31NO. The zero-order chi connectivity index (χ0) is 14.9. The summed E-state index contributed by atoms with van der Waals surface area (Å²) in [6.45, 7) is 6.51. The first-order valence-electron chi connectivity index (χ1n) is 8.77. The van der Waals surface area contributed by atoms with Gasteiger partial charge in [-0.2, -0.15) is 0 Å². The molecule has 1 aromatic carbocycles. The van der Waals surface area contributed by atoms with Gasteiger partial charge in [0.2, 0.25) is 0 Å². The van der Waals surface area contributed by atoms with Crippen LogP contribution in [0.4, 0.5) is 0 Å². The molecule has 0 bridgehead atoms. The van der Waals surface area contributed by atoms with Crippen molar-refractivity contribution in [2.24, 2.45) is 0 Å². The third-order valence-corrected chi connectivity index (χ3v) is 4.47. The fourth-order valence-electron chi connectivity index (χ4n) is 3.11. The second-order valence-electron chi connectivity index (χ2n) is 6.17. The van der Waals surface area contributed by atoms with Gasteiger partial charge in [-0.15, -0.1) is 0 Å². The van der Waals surface area contributed by atoms with Crippen LogP contribution in [0.2, 0.25) is 0 Å². The lowest BCUT2D eigenvalue weighted by molar-refractivity contribution is 0.101. The van der Waals surface area contributed by atoms with Crippen molar-refractivity contribution >= 4 is 0 Å². The van der Waals surface area contributed by atoms with Crippen LogP contribution in [-0.2, 0) is 11.2 Å². The fraction of sp³-hybridized carbons (Fsp3) is 0.684. The van der Waals surface area contributed by atoms with Crippen LogP contribution in [0.1, 0.15) is 69.5 Å². The molecule has 1 aliphatic rings. The van der Waals surface area contributed by atoms with Gasteiger partial charge in [0.05, 0.1) is 6.10 Å². The second-order valence-corrected chi connectivity index (χ2v) is 6.17. The molecule has 2 nitrogen and oxygen atoms in total. The summed E-state index contributed by atoms with van der Waals surface area (Å²) in [6.07, 6.45) is 9.03. The van der Waals surface area contributed by atoms with Crippen LogP contribution in [0.5, 0.6) is 0 Å². The SMILES string of the molecule is CCCNC(CCCC1CCCO1)c1ccc(CC)cc1. The monoisotopic (exact) mass is 289 g/mol. The summed E-state index contributed by atoms with van der Waals surface area (Å²) in [7, 11) is 0. The Morgan fingerprint density at radius 3 is 2.67 bits per heavy atom. The van der Waals surface area contributed by atoms with E-state index in [-0.39, 0.29) is 0 Å². The van der Waals surface area contributed by atoms with Crippen molar-refractivity contribution in [3.8, 4) is 0 Å². The van der Waals surface area contributed by atoms with E-state index in [9.17, 15) is 0 Å². The molecule has 0 amide bonds. The standard InChI is InChI=1S/C19H31NO/c1-3-14-20-19(9-5-7-18-8-6-15-21-18)17-12-10-16(4-2)11-13-17/h10-13,18-20H,3-9,14-15H2,1-2H3. The Morgan fingerprint density at radius 1 is 1.24 bits per heavy atom. The Kier molecular flexibility index (Phi) is 7.25. The van der Waals surface area contributed by atoms with Crippen molar-refractivity contribution in [3.05, 3.63) is 35.4 Å². The molecule has 1 N–H and O–H groups in total. The molecule has 0 aromatic heterocycles. The zero-order valence-corrected chi connectivity index (χ0v) is 13.7. The number of hydrogen-bond acceptors (Lipinski definition) is 2. The van der Waals surface area contributed by atoms with E-state index >= 15 is 0 Å². The molecule has 21 heavy (non-hydrogen) atoms. The molecule has 1 fully saturated rings. The zero-order valence-electron chi connectivity index (χ0n) is 13.7. The second kappa shape index (κ2) is 9.22. The van der Waals surface area contributed by atoms with Crippen LogP contribution in [0, 0.1) is 0 Å². The van der Waals surface area contributed by atoms with Crippen LogP contribution in [-0.4, -0.2) is 19.3 Å². The predicted molar refractivity (Wildman–Crippen MR) is 89.7 cm³/mol. The van der Waals surface area contributed by atoms with Crippen LogP contribution in [0.15, 0.2) is 24.3 Å². The molecule has 0 saturated carbocycles. The highest BCUT2D eigenvalue weighted by Crippen LogP contribution is 2.23. The maximum atomic E-state index is 5.73. The van der Waals surface area contributed by atoms with Crippen LogP contribution in [0.25, 0.3) is 0 Å². The molecule has 0 aliphatic carbocycles. The molecule has 2 rings (SSSR count). The van der Waals surface area contributed by atoms with E-state index in [1.165, 1.54) is 49.7 Å². The van der Waals surface area contributed by atoms with Crippen molar-refractivity contribution in [3.63, 3.8) is 0 Å². The van der Waals surface area contributed by atoms with E-state index in [1.54, 1.807) is 0 Å². The molecule has 1 aromatic rings. The number of ether oxygens (including phenoxy) is 1. The van der Waals surface area contributed by atoms with Gasteiger partial charge in [0.1, 0.15) is 0 Å². The number of nitrogens with one attached hydrogen (secondary N) is 1. The van der Waals surface area contributed by atoms with E-state index in [2.05, 4.69) is 43.4 Å². The average molecular weight is 289 g/mol. The minimum absolute atomic E-state index is 0.497. The molecule has 1 heterocycles. The van der Waals surface area contributed by atoms with E-state index in [1.807, 2.05) is 0 Å². The third kappa shape index (κ3) is 5.44. The Balaban J connectivity index is 1.85. The molecule has 2 unspecified atom stereocenters. The molecule has 118 valence electrons. The number of aryl methyl sites for hydroxylation is 1. The highest BCUT2D eigenvalue weighted by Gasteiger charge is 2.16. The first-order valence-corrected chi connectivity index (χ1v) is 8.77. The summed E-state index contributed by atoms with van der Waals surface area (Å²) in [5.74, 6) is 0. The van der Waals surface area contributed by atoms with Gasteiger partial charge in [0, 0.05) is 12.6 Å². The van der Waals surface area contributed by atoms with E-state index in [0.29, 0.717) is 12.1 Å². The largest absolute Gasteiger partial charge is 0.378 e. The van der Waals surface area contributed by atoms with Crippen LogP contribution >= 0.6 is 0 Å². The Hall–Kier alpha value is -0.860. The van der Waals surface area contributed by atoms with Gasteiger partial charge in [-0.05, 0) is 62.6 Å². The maximum Gasteiger partial charge on any atom is 0.0576 e. The average Bonchev–Trinajstić information content (AvgIpc) is 3.04. The minimum Gasteiger partial charge on any atom is -0.378 e. The lowest BCUT2D eigenvalue weighted by Gasteiger charge is -2.20. The fourth-order valence-corrected chi connectivity index (χ4v) is 3.11. The van der Waals surface area contributed by atoms with Crippen molar-refractivity contribution in [2.75, 3.05) is 13.2 Å². The summed E-state index contributed by atoms with van der Waals surface area (Å²) in [5, 5.41) is 3.71. The van der Waals surface area contributed by atoms with Gasteiger partial charge < -0.3 is 10.1 Å². The van der Waals surface area contributed by atoms with Gasteiger partial charge in [-0.1, -0.05) is 38.1 Å². The lowest BCUT2D eigenvalue weighted by atomic mass is 9.97. The number of benzene rings is 1. The van der Waals surface area contributed by atoms with Gasteiger partial charge in [0.25, 0.3) is 0 Å². The third-order valence-electron chi connectivity index (χ3n) is 4.47. The highest BCUT2D eigenvalue weighted by molar-refractivity contribution is 5.25. The summed E-state index contributed by atoms with van der Waals surface area (Å²) < 4.78 is 5.73. The van der Waals surface area contributed by atoms with Crippen molar-refractivity contribution < 1.29 is 4.74 Å². The molecule has 1 saturated heterocycles. The predicted octanol–water partition coefficient (Wildman–Crippen LogP) is 4.64. The Morgan fingerprint density at radius 2 is 2.05 bits per heavy atom. The van der Waals surface area contributed by atoms with Gasteiger partial charge >= 0.3 is 0 Å². The lowest BCUT2D eigenvalue weighted by Crippen LogP contribution is -2.22. The quantitative estimate of drug-likeness (QED) is 0.715. The molecule has 2 atom stereocenters. The molecule has 2 heteroatoms. The van der Waals surface area contributed by atoms with E-state index in [4.69, 9.17) is 4.74 Å². The number of rotatable bonds is 9. The molecule has 0 radical (unpaired) electrons. The highest BCUT2D eigenvalue weighted by atomic mass is 16.5. The Bertz CT molecular complexity index is 381. The molecule has 0 spiro atoms. The summed E-state index contributed by atoms with van der Waals surface area (Å²) in [6, 6.07) is 9.65. The van der Waals surface area contributed by atoms with Crippen molar-refractivity contribution in [1.82, 2.24) is 5.32 Å². The van der Waals surface area contributed by atoms with E-state index in [0.717, 1.165) is 19.6 Å². The first kappa shape index (κ1) is 16.5. The van der Waals surface area contributed by atoms with Gasteiger partial charge in [-0.25, -0.2) is 0 Å². The van der Waals surface area contributed by atoms with Crippen LogP contribution < -0.4 is 5.32 Å². The van der Waals surface area contributed by atoms with Gasteiger partial charge in [-0.3, -0.25) is 0 Å². The maximum absolute atomic E-state index is 5.73. The summed E-state index contributed by atoms with van der Waals surface area (Å²) in [4.78, 5) is 0. The molecular weight excluding hydrogens is 258 g/mol. The number of hydrogen-bond donors (Lipinski definition) is 1.